The number of hydrogen-bond acceptors (Lipinski definition) is 8. The summed E-state index contributed by atoms with van der Waals surface area (Å²) in [6, 6.07) is 5.47. The molecule has 0 saturated heterocycles. The SMILES string of the molecule is CCOC(=O)C1=C(Cn2ccnc2)NC(CF)=C(C(=O)OC)C1c1cccc([N+](=O)[O-])c1. The van der Waals surface area contributed by atoms with Gasteiger partial charge in [0.05, 0.1) is 54.3 Å². The number of nitro benzene ring substituents is 1. The Bertz CT molecular complexity index is 1090. The molecule has 0 spiro atoms. The number of rotatable bonds is 8. The average Bonchev–Trinajstić information content (AvgIpc) is 3.30. The molecule has 168 valence electrons. The van der Waals surface area contributed by atoms with Crippen LogP contribution < -0.4 is 5.32 Å². The molecule has 0 aliphatic carbocycles. The molecule has 0 bridgehead atoms. The highest BCUT2D eigenvalue weighted by Crippen LogP contribution is 2.40. The fourth-order valence-electron chi connectivity index (χ4n) is 3.55. The van der Waals surface area contributed by atoms with E-state index in [1.165, 1.54) is 36.8 Å². The lowest BCUT2D eigenvalue weighted by Crippen LogP contribution is -2.36. The third-order valence-corrected chi connectivity index (χ3v) is 4.88. The van der Waals surface area contributed by atoms with Gasteiger partial charge >= 0.3 is 11.9 Å². The van der Waals surface area contributed by atoms with Gasteiger partial charge in [0, 0.05) is 30.2 Å². The lowest BCUT2D eigenvalue weighted by atomic mass is 9.80. The third kappa shape index (κ3) is 4.51. The fourth-order valence-corrected chi connectivity index (χ4v) is 3.55. The summed E-state index contributed by atoms with van der Waals surface area (Å²) in [5, 5.41) is 14.2. The van der Waals surface area contributed by atoms with Crippen LogP contribution in [0.5, 0.6) is 0 Å². The van der Waals surface area contributed by atoms with Crippen LogP contribution >= 0.6 is 0 Å². The molecule has 0 saturated carbocycles. The van der Waals surface area contributed by atoms with Crippen molar-refractivity contribution in [2.45, 2.75) is 19.4 Å². The van der Waals surface area contributed by atoms with E-state index in [1.807, 2.05) is 0 Å². The summed E-state index contributed by atoms with van der Waals surface area (Å²) in [5.41, 5.74) is 0.0472. The van der Waals surface area contributed by atoms with Gasteiger partial charge in [-0.2, -0.15) is 0 Å². The summed E-state index contributed by atoms with van der Waals surface area (Å²) in [5.74, 6) is -2.76. The fraction of sp³-hybridized carbons (Fsp3) is 0.286. The summed E-state index contributed by atoms with van der Waals surface area (Å²) in [4.78, 5) is 40.4. The van der Waals surface area contributed by atoms with Crippen molar-refractivity contribution in [1.29, 1.82) is 0 Å². The van der Waals surface area contributed by atoms with Crippen LogP contribution in [0.2, 0.25) is 0 Å². The molecule has 1 atom stereocenters. The molecule has 1 N–H and O–H groups in total. The summed E-state index contributed by atoms with van der Waals surface area (Å²) in [6.07, 6.45) is 4.69. The van der Waals surface area contributed by atoms with Crippen molar-refractivity contribution in [3.63, 3.8) is 0 Å². The lowest BCUT2D eigenvalue weighted by Gasteiger charge is -2.31. The number of ether oxygens (including phenoxy) is 2. The molecule has 32 heavy (non-hydrogen) atoms. The number of imidazole rings is 1. The van der Waals surface area contributed by atoms with Crippen LogP contribution in [0, 0.1) is 10.1 Å². The molecule has 1 aliphatic rings. The number of methoxy groups -OCH3 is 1. The molecule has 1 aromatic heterocycles. The van der Waals surface area contributed by atoms with Gasteiger partial charge in [0.1, 0.15) is 6.67 Å². The van der Waals surface area contributed by atoms with Crippen LogP contribution in [0.3, 0.4) is 0 Å². The Morgan fingerprint density at radius 2 is 2.03 bits per heavy atom. The molecule has 0 radical (unpaired) electrons. The number of benzene rings is 1. The zero-order chi connectivity index (χ0) is 23.3. The molecule has 10 nitrogen and oxygen atoms in total. The number of nitrogens with zero attached hydrogens (tertiary/aromatic N) is 3. The van der Waals surface area contributed by atoms with Gasteiger partial charge in [-0.05, 0) is 12.5 Å². The zero-order valence-corrected chi connectivity index (χ0v) is 17.4. The Morgan fingerprint density at radius 1 is 1.28 bits per heavy atom. The first kappa shape index (κ1) is 22.7. The van der Waals surface area contributed by atoms with Gasteiger partial charge < -0.3 is 19.4 Å². The Morgan fingerprint density at radius 3 is 2.62 bits per heavy atom. The number of aromatic nitrogens is 2. The molecular weight excluding hydrogens is 423 g/mol. The first-order valence-corrected chi connectivity index (χ1v) is 9.65. The summed E-state index contributed by atoms with van der Waals surface area (Å²) < 4.78 is 25.8. The number of esters is 2. The van der Waals surface area contributed by atoms with Gasteiger partial charge in [-0.15, -0.1) is 0 Å². The van der Waals surface area contributed by atoms with Gasteiger partial charge in [-0.1, -0.05) is 12.1 Å². The zero-order valence-electron chi connectivity index (χ0n) is 17.4. The number of carbonyl (C=O) groups excluding carboxylic acids is 2. The van der Waals surface area contributed by atoms with Crippen LogP contribution in [0.25, 0.3) is 0 Å². The molecule has 11 heteroatoms. The number of nitrogens with one attached hydrogen (secondary N) is 1. The lowest BCUT2D eigenvalue weighted by molar-refractivity contribution is -0.384. The second-order valence-corrected chi connectivity index (χ2v) is 6.78. The Kier molecular flexibility index (Phi) is 6.98. The first-order chi connectivity index (χ1) is 15.4. The summed E-state index contributed by atoms with van der Waals surface area (Å²) in [6.45, 7) is 0.711. The van der Waals surface area contributed by atoms with Gasteiger partial charge in [0.25, 0.3) is 5.69 Å². The Labute approximate surface area is 182 Å². The average molecular weight is 444 g/mol. The van der Waals surface area contributed by atoms with Crippen molar-refractivity contribution < 1.29 is 28.4 Å². The maximum atomic E-state index is 14.1. The van der Waals surface area contributed by atoms with Gasteiger partial charge in [-0.25, -0.2) is 19.0 Å². The van der Waals surface area contributed by atoms with E-state index in [0.717, 1.165) is 7.11 Å². The van der Waals surface area contributed by atoms with Crippen molar-refractivity contribution >= 4 is 17.6 Å². The summed E-state index contributed by atoms with van der Waals surface area (Å²) >= 11 is 0. The first-order valence-electron chi connectivity index (χ1n) is 9.65. The number of carbonyl (C=O) groups is 2. The molecule has 1 aromatic carbocycles. The topological polar surface area (TPSA) is 126 Å². The van der Waals surface area contributed by atoms with E-state index in [9.17, 15) is 24.1 Å². The Hall–Kier alpha value is -4.02. The molecule has 1 aliphatic heterocycles. The number of hydrogen-bond donors (Lipinski definition) is 1. The number of allylic oxidation sites excluding steroid dienone is 2. The number of alkyl halides is 1. The smallest absolute Gasteiger partial charge is 0.336 e. The normalized spacial score (nSPS) is 15.9. The van der Waals surface area contributed by atoms with Crippen molar-refractivity contribution in [1.82, 2.24) is 14.9 Å². The number of dihydropyridines is 1. The van der Waals surface area contributed by atoms with Crippen LogP contribution in [0.15, 0.2) is 65.5 Å². The van der Waals surface area contributed by atoms with Gasteiger partial charge in [0.15, 0.2) is 0 Å². The second kappa shape index (κ2) is 9.86. The molecule has 1 unspecified atom stereocenters. The van der Waals surface area contributed by atoms with E-state index in [2.05, 4.69) is 10.3 Å². The molecule has 2 heterocycles. The predicted molar refractivity (Wildman–Crippen MR) is 110 cm³/mol. The second-order valence-electron chi connectivity index (χ2n) is 6.78. The van der Waals surface area contributed by atoms with Crippen molar-refractivity contribution in [2.75, 3.05) is 20.4 Å². The van der Waals surface area contributed by atoms with E-state index in [-0.39, 0.29) is 46.9 Å². The number of nitro groups is 1. The third-order valence-electron chi connectivity index (χ3n) is 4.88. The van der Waals surface area contributed by atoms with Crippen molar-refractivity contribution in [2.24, 2.45) is 0 Å². The quantitative estimate of drug-likeness (QED) is 0.374. The summed E-state index contributed by atoms with van der Waals surface area (Å²) in [7, 11) is 1.13. The van der Waals surface area contributed by atoms with Crippen LogP contribution in [0.1, 0.15) is 18.4 Å². The van der Waals surface area contributed by atoms with Gasteiger partial charge in [0.2, 0.25) is 0 Å². The molecule has 0 fully saturated rings. The van der Waals surface area contributed by atoms with Crippen LogP contribution in [0.4, 0.5) is 10.1 Å². The molecule has 3 rings (SSSR count). The molecule has 2 aromatic rings. The van der Waals surface area contributed by atoms with Crippen molar-refractivity contribution in [3.8, 4) is 0 Å². The van der Waals surface area contributed by atoms with E-state index in [1.54, 1.807) is 17.7 Å². The highest BCUT2D eigenvalue weighted by molar-refractivity contribution is 6.00. The van der Waals surface area contributed by atoms with E-state index in [0.29, 0.717) is 0 Å². The standard InChI is InChI=1S/C21H21FN4O6/c1-3-32-21(28)19-16(11-25-8-7-23-12-25)24-15(10-22)18(20(27)31-2)17(19)13-5-4-6-14(9-13)26(29)30/h4-9,12,17,24H,3,10-11H2,1-2H3. The predicted octanol–water partition coefficient (Wildman–Crippen LogP) is 2.39. The molecular formula is C21H21FN4O6. The minimum Gasteiger partial charge on any atom is -0.466 e. The highest BCUT2D eigenvalue weighted by atomic mass is 19.1. The largest absolute Gasteiger partial charge is 0.466 e. The number of non-ortho nitro benzene ring substituents is 1. The van der Waals surface area contributed by atoms with E-state index >= 15 is 0 Å². The van der Waals surface area contributed by atoms with E-state index in [4.69, 9.17) is 9.47 Å². The number of halogens is 1. The van der Waals surface area contributed by atoms with Crippen molar-refractivity contribution in [3.05, 3.63) is 81.2 Å². The highest BCUT2D eigenvalue weighted by Gasteiger charge is 2.40. The maximum Gasteiger partial charge on any atom is 0.336 e. The monoisotopic (exact) mass is 444 g/mol. The maximum absolute atomic E-state index is 14.1. The minimum atomic E-state index is -1.15. The van der Waals surface area contributed by atoms with Crippen LogP contribution in [-0.4, -0.2) is 46.8 Å². The van der Waals surface area contributed by atoms with Crippen LogP contribution in [-0.2, 0) is 25.6 Å². The van der Waals surface area contributed by atoms with Gasteiger partial charge in [-0.3, -0.25) is 10.1 Å². The molecule has 0 amide bonds. The minimum absolute atomic E-state index is 0.0265. The Balaban J connectivity index is 2.28. The van der Waals surface area contributed by atoms with E-state index < -0.39 is 29.5 Å².